The minimum atomic E-state index is 0.202. The topological polar surface area (TPSA) is 91.2 Å². The molecular formula is C15H13N3O3. The van der Waals surface area contributed by atoms with Gasteiger partial charge in [-0.15, -0.1) is 0 Å². The lowest BCUT2D eigenvalue weighted by atomic mass is 10.1. The first kappa shape index (κ1) is 12.2. The van der Waals surface area contributed by atoms with E-state index in [1.54, 1.807) is 0 Å². The summed E-state index contributed by atoms with van der Waals surface area (Å²) < 4.78 is 16.7. The summed E-state index contributed by atoms with van der Waals surface area (Å²) in [5.41, 5.74) is 7.81. The molecule has 0 aliphatic rings. The Hall–Kier alpha value is -2.60. The van der Waals surface area contributed by atoms with Crippen LogP contribution in [0.2, 0.25) is 0 Å². The second-order valence-electron chi connectivity index (χ2n) is 5.01. The van der Waals surface area contributed by atoms with Gasteiger partial charge in [0.05, 0.1) is 12.1 Å². The highest BCUT2D eigenvalue weighted by Crippen LogP contribution is 2.37. The molecule has 4 rings (SSSR count). The van der Waals surface area contributed by atoms with E-state index in [2.05, 4.69) is 10.1 Å². The van der Waals surface area contributed by atoms with Crippen molar-refractivity contribution in [3.05, 3.63) is 35.6 Å². The molecule has 0 bridgehead atoms. The summed E-state index contributed by atoms with van der Waals surface area (Å²) in [5.74, 6) is 2.48. The smallest absolute Gasteiger partial charge is 0.240 e. The Labute approximate surface area is 119 Å². The van der Waals surface area contributed by atoms with Crippen molar-refractivity contribution in [2.24, 2.45) is 5.73 Å². The third kappa shape index (κ3) is 1.76. The van der Waals surface area contributed by atoms with Crippen molar-refractivity contribution in [3.8, 4) is 11.4 Å². The normalized spacial score (nSPS) is 11.8. The van der Waals surface area contributed by atoms with Gasteiger partial charge in [0.15, 0.2) is 0 Å². The summed E-state index contributed by atoms with van der Waals surface area (Å²) in [7, 11) is 0. The molecule has 0 amide bonds. The molecule has 2 N–H and O–H groups in total. The first-order valence-corrected chi connectivity index (χ1v) is 6.62. The number of nitrogens with zero attached hydrogens (tertiary/aromatic N) is 2. The second kappa shape index (κ2) is 4.20. The number of nitrogens with two attached hydrogens (primary N) is 1. The molecule has 0 radical (unpaired) electrons. The third-order valence-electron chi connectivity index (χ3n) is 3.42. The van der Waals surface area contributed by atoms with Gasteiger partial charge in [-0.2, -0.15) is 4.98 Å². The zero-order chi connectivity index (χ0) is 14.6. The maximum absolute atomic E-state index is 5.82. The van der Waals surface area contributed by atoms with Crippen LogP contribution in [0, 0.1) is 13.8 Å². The number of rotatable bonds is 2. The number of furan rings is 2. The Kier molecular flexibility index (Phi) is 2.43. The van der Waals surface area contributed by atoms with Crippen molar-refractivity contribution in [2.75, 3.05) is 0 Å². The van der Waals surface area contributed by atoms with Gasteiger partial charge in [0, 0.05) is 10.8 Å². The van der Waals surface area contributed by atoms with Crippen LogP contribution in [-0.2, 0) is 6.54 Å². The van der Waals surface area contributed by atoms with E-state index >= 15 is 0 Å². The molecule has 21 heavy (non-hydrogen) atoms. The van der Waals surface area contributed by atoms with Crippen molar-refractivity contribution in [3.63, 3.8) is 0 Å². The lowest BCUT2D eigenvalue weighted by Crippen LogP contribution is -1.95. The fourth-order valence-corrected chi connectivity index (χ4v) is 2.60. The first-order valence-electron chi connectivity index (χ1n) is 6.62. The van der Waals surface area contributed by atoms with Gasteiger partial charge in [0.25, 0.3) is 0 Å². The summed E-state index contributed by atoms with van der Waals surface area (Å²) in [6.07, 6.45) is 0. The first-order chi connectivity index (χ1) is 10.2. The number of aromatic nitrogens is 2. The quantitative estimate of drug-likeness (QED) is 0.607. The minimum Gasteiger partial charge on any atom is -0.461 e. The Bertz CT molecular complexity index is 907. The standard InChI is InChI=1S/C15H13N3O3/c1-7-3-9-5-11-10(4-8(2)19-11)13(14(9)20-7)15-17-12(6-16)21-18-15/h3-5H,6,16H2,1-2H3. The van der Waals surface area contributed by atoms with E-state index in [-0.39, 0.29) is 6.54 Å². The van der Waals surface area contributed by atoms with Crippen molar-refractivity contribution in [2.45, 2.75) is 20.4 Å². The van der Waals surface area contributed by atoms with E-state index in [0.717, 1.165) is 39.0 Å². The van der Waals surface area contributed by atoms with Gasteiger partial charge >= 0.3 is 0 Å². The number of hydrogen-bond acceptors (Lipinski definition) is 6. The van der Waals surface area contributed by atoms with Crippen molar-refractivity contribution in [1.29, 1.82) is 0 Å². The van der Waals surface area contributed by atoms with Crippen LogP contribution in [0.25, 0.3) is 33.3 Å². The molecule has 4 aromatic rings. The molecule has 1 aromatic carbocycles. The molecule has 0 spiro atoms. The fourth-order valence-electron chi connectivity index (χ4n) is 2.60. The van der Waals surface area contributed by atoms with E-state index in [4.69, 9.17) is 19.1 Å². The molecule has 0 saturated carbocycles. The fraction of sp³-hybridized carbons (Fsp3) is 0.200. The second-order valence-corrected chi connectivity index (χ2v) is 5.01. The number of fused-ring (bicyclic) bond motifs is 2. The van der Waals surface area contributed by atoms with Gasteiger partial charge in [-0.1, -0.05) is 5.16 Å². The van der Waals surface area contributed by atoms with E-state index in [9.17, 15) is 0 Å². The van der Waals surface area contributed by atoms with Crippen LogP contribution < -0.4 is 5.73 Å². The van der Waals surface area contributed by atoms with Crippen LogP contribution in [0.3, 0.4) is 0 Å². The Morgan fingerprint density at radius 2 is 1.90 bits per heavy atom. The van der Waals surface area contributed by atoms with Gasteiger partial charge in [-0.3, -0.25) is 0 Å². The average Bonchev–Trinajstić information content (AvgIpc) is 3.12. The molecule has 6 nitrogen and oxygen atoms in total. The monoisotopic (exact) mass is 283 g/mol. The van der Waals surface area contributed by atoms with Gasteiger partial charge < -0.3 is 19.1 Å². The summed E-state index contributed by atoms with van der Waals surface area (Å²) in [6.45, 7) is 4.00. The number of benzene rings is 1. The Balaban J connectivity index is 2.14. The highest BCUT2D eigenvalue weighted by atomic mass is 16.5. The summed E-state index contributed by atoms with van der Waals surface area (Å²) >= 11 is 0. The Morgan fingerprint density at radius 3 is 2.67 bits per heavy atom. The third-order valence-corrected chi connectivity index (χ3v) is 3.42. The molecule has 6 heteroatoms. The van der Waals surface area contributed by atoms with Crippen LogP contribution in [0.5, 0.6) is 0 Å². The molecule has 0 aliphatic carbocycles. The highest BCUT2D eigenvalue weighted by molar-refractivity contribution is 6.08. The lowest BCUT2D eigenvalue weighted by molar-refractivity contribution is 0.380. The van der Waals surface area contributed by atoms with Crippen LogP contribution in [0.15, 0.2) is 31.6 Å². The molecule has 0 aliphatic heterocycles. The van der Waals surface area contributed by atoms with Gasteiger partial charge in [-0.05, 0) is 32.0 Å². The zero-order valence-corrected chi connectivity index (χ0v) is 11.6. The van der Waals surface area contributed by atoms with Gasteiger partial charge in [0.1, 0.15) is 22.7 Å². The molecular weight excluding hydrogens is 270 g/mol. The zero-order valence-electron chi connectivity index (χ0n) is 11.6. The van der Waals surface area contributed by atoms with E-state index in [0.29, 0.717) is 11.7 Å². The maximum atomic E-state index is 5.82. The maximum Gasteiger partial charge on any atom is 0.240 e. The van der Waals surface area contributed by atoms with Crippen LogP contribution >= 0.6 is 0 Å². The predicted molar refractivity (Wildman–Crippen MR) is 76.6 cm³/mol. The van der Waals surface area contributed by atoms with Gasteiger partial charge in [0.2, 0.25) is 11.7 Å². The molecule has 0 unspecified atom stereocenters. The molecule has 3 aromatic heterocycles. The highest BCUT2D eigenvalue weighted by Gasteiger charge is 2.20. The molecule has 0 saturated heterocycles. The van der Waals surface area contributed by atoms with E-state index in [1.165, 1.54) is 0 Å². The van der Waals surface area contributed by atoms with Gasteiger partial charge in [-0.25, -0.2) is 0 Å². The number of aryl methyl sites for hydroxylation is 2. The predicted octanol–water partition coefficient (Wildman–Crippen LogP) is 3.30. The van der Waals surface area contributed by atoms with E-state index < -0.39 is 0 Å². The molecule has 0 fully saturated rings. The van der Waals surface area contributed by atoms with Crippen molar-refractivity contribution < 1.29 is 13.4 Å². The summed E-state index contributed by atoms with van der Waals surface area (Å²) in [4.78, 5) is 4.31. The molecule has 106 valence electrons. The van der Waals surface area contributed by atoms with Crippen LogP contribution in [0.1, 0.15) is 17.4 Å². The molecule has 0 atom stereocenters. The van der Waals surface area contributed by atoms with Crippen molar-refractivity contribution in [1.82, 2.24) is 10.1 Å². The largest absolute Gasteiger partial charge is 0.461 e. The minimum absolute atomic E-state index is 0.202. The van der Waals surface area contributed by atoms with Crippen molar-refractivity contribution >= 4 is 21.9 Å². The summed E-state index contributed by atoms with van der Waals surface area (Å²) in [5, 5.41) is 5.86. The average molecular weight is 283 g/mol. The van der Waals surface area contributed by atoms with E-state index in [1.807, 2.05) is 32.0 Å². The SMILES string of the molecule is Cc1cc2c(-c3noc(CN)n3)c3oc(C)cc3cc2o1. The lowest BCUT2D eigenvalue weighted by Gasteiger charge is -1.99. The summed E-state index contributed by atoms with van der Waals surface area (Å²) in [6, 6.07) is 5.86. The van der Waals surface area contributed by atoms with Crippen LogP contribution in [-0.4, -0.2) is 10.1 Å². The number of hydrogen-bond donors (Lipinski definition) is 1. The molecule has 3 heterocycles. The Morgan fingerprint density at radius 1 is 1.10 bits per heavy atom. The van der Waals surface area contributed by atoms with Crippen LogP contribution in [0.4, 0.5) is 0 Å².